The van der Waals surface area contributed by atoms with Crippen LogP contribution in [0.1, 0.15) is 26.2 Å². The van der Waals surface area contributed by atoms with Gasteiger partial charge in [0.25, 0.3) is 0 Å². The molecule has 1 aliphatic heterocycles. The van der Waals surface area contributed by atoms with Crippen molar-refractivity contribution in [3.05, 3.63) is 0 Å². The fourth-order valence-electron chi connectivity index (χ4n) is 1.69. The van der Waals surface area contributed by atoms with E-state index in [1.54, 1.807) is 0 Å². The highest BCUT2D eigenvalue weighted by Gasteiger charge is 2.24. The van der Waals surface area contributed by atoms with E-state index in [4.69, 9.17) is 15.7 Å². The van der Waals surface area contributed by atoms with Gasteiger partial charge in [-0.2, -0.15) is 0 Å². The number of nitrogens with two attached hydrogens (primary N) is 1. The first-order valence-corrected chi connectivity index (χ1v) is 5.54. The molecule has 0 radical (unpaired) electrons. The van der Waals surface area contributed by atoms with Crippen molar-refractivity contribution in [2.45, 2.75) is 32.2 Å². The molecule has 0 aromatic rings. The summed E-state index contributed by atoms with van der Waals surface area (Å²) in [7, 11) is 0. The van der Waals surface area contributed by atoms with E-state index >= 15 is 0 Å². The summed E-state index contributed by atoms with van der Waals surface area (Å²) in [5.41, 5.74) is 5.46. The number of hydrogen-bond acceptors (Lipinski definition) is 4. The number of ether oxygens (including phenoxy) is 1. The second kappa shape index (κ2) is 6.32. The Kier molecular flexibility index (Phi) is 5.04. The summed E-state index contributed by atoms with van der Waals surface area (Å²) in [4.78, 5) is 11.8. The monoisotopic (exact) mass is 229 g/mol. The van der Waals surface area contributed by atoms with E-state index in [1.807, 2.05) is 6.92 Å². The molecule has 4 N–H and O–H groups in total. The number of amidine groups is 1. The molecule has 0 bridgehead atoms. The van der Waals surface area contributed by atoms with E-state index in [2.05, 4.69) is 10.5 Å². The SMILES string of the molecule is CCC(NC(=O)C1CCCOC1)C(N)=NO. The van der Waals surface area contributed by atoms with Crippen molar-refractivity contribution in [1.29, 1.82) is 0 Å². The van der Waals surface area contributed by atoms with E-state index in [0.29, 0.717) is 13.0 Å². The summed E-state index contributed by atoms with van der Waals surface area (Å²) in [6.45, 7) is 3.04. The van der Waals surface area contributed by atoms with Crippen LogP contribution in [0.15, 0.2) is 5.16 Å². The molecule has 0 saturated carbocycles. The highest BCUT2D eigenvalue weighted by molar-refractivity contribution is 5.90. The second-order valence-electron chi connectivity index (χ2n) is 3.91. The lowest BCUT2D eigenvalue weighted by molar-refractivity contribution is -0.129. The number of rotatable bonds is 4. The minimum absolute atomic E-state index is 0.0348. The molecule has 2 atom stereocenters. The minimum atomic E-state index is -0.403. The maximum atomic E-state index is 11.8. The maximum Gasteiger partial charge on any atom is 0.226 e. The topological polar surface area (TPSA) is 96.9 Å². The number of amides is 1. The molecule has 0 aliphatic carbocycles. The molecule has 6 heteroatoms. The molecule has 1 aliphatic rings. The smallest absolute Gasteiger partial charge is 0.226 e. The lowest BCUT2D eigenvalue weighted by atomic mass is 10.0. The van der Waals surface area contributed by atoms with Gasteiger partial charge in [-0.25, -0.2) is 0 Å². The molecule has 1 rings (SSSR count). The van der Waals surface area contributed by atoms with Gasteiger partial charge in [0.1, 0.15) is 0 Å². The fourth-order valence-corrected chi connectivity index (χ4v) is 1.69. The van der Waals surface area contributed by atoms with Crippen molar-refractivity contribution in [3.63, 3.8) is 0 Å². The Labute approximate surface area is 94.8 Å². The van der Waals surface area contributed by atoms with Gasteiger partial charge in [0.2, 0.25) is 5.91 Å². The van der Waals surface area contributed by atoms with E-state index in [-0.39, 0.29) is 17.7 Å². The molecule has 1 heterocycles. The number of nitrogens with one attached hydrogen (secondary N) is 1. The first-order valence-electron chi connectivity index (χ1n) is 5.54. The Morgan fingerprint density at radius 1 is 1.75 bits per heavy atom. The zero-order valence-corrected chi connectivity index (χ0v) is 9.48. The third kappa shape index (κ3) is 3.37. The van der Waals surface area contributed by atoms with E-state index in [0.717, 1.165) is 19.4 Å². The van der Waals surface area contributed by atoms with Crippen LogP contribution >= 0.6 is 0 Å². The minimum Gasteiger partial charge on any atom is -0.409 e. The summed E-state index contributed by atoms with van der Waals surface area (Å²) < 4.78 is 5.23. The summed E-state index contributed by atoms with van der Waals surface area (Å²) in [5.74, 6) is -0.167. The average Bonchev–Trinajstić information content (AvgIpc) is 2.35. The second-order valence-corrected chi connectivity index (χ2v) is 3.91. The third-order valence-electron chi connectivity index (χ3n) is 2.73. The van der Waals surface area contributed by atoms with Crippen LogP contribution in [0.3, 0.4) is 0 Å². The van der Waals surface area contributed by atoms with Crippen LogP contribution in [0.25, 0.3) is 0 Å². The molecule has 6 nitrogen and oxygen atoms in total. The predicted molar refractivity (Wildman–Crippen MR) is 59.2 cm³/mol. The van der Waals surface area contributed by atoms with Gasteiger partial charge in [0.15, 0.2) is 5.84 Å². The molecule has 2 unspecified atom stereocenters. The van der Waals surface area contributed by atoms with Crippen LogP contribution in [0.5, 0.6) is 0 Å². The number of oxime groups is 1. The lowest BCUT2D eigenvalue weighted by Crippen LogP contribution is -2.47. The molecule has 16 heavy (non-hydrogen) atoms. The standard InChI is InChI=1S/C10H19N3O3/c1-2-8(9(11)13-15)12-10(14)7-4-3-5-16-6-7/h7-8,15H,2-6H2,1H3,(H2,11,13)(H,12,14). The summed E-state index contributed by atoms with van der Waals surface area (Å²) in [6, 6.07) is -0.403. The van der Waals surface area contributed by atoms with Crippen molar-refractivity contribution in [3.8, 4) is 0 Å². The molecule has 0 aromatic heterocycles. The van der Waals surface area contributed by atoms with Gasteiger partial charge in [-0.3, -0.25) is 4.79 Å². The van der Waals surface area contributed by atoms with Gasteiger partial charge in [-0.05, 0) is 19.3 Å². The zero-order chi connectivity index (χ0) is 12.0. The zero-order valence-electron chi connectivity index (χ0n) is 9.48. The Morgan fingerprint density at radius 2 is 2.50 bits per heavy atom. The van der Waals surface area contributed by atoms with Crippen LogP contribution in [-0.4, -0.2) is 36.2 Å². The van der Waals surface area contributed by atoms with Crippen molar-refractivity contribution in [2.75, 3.05) is 13.2 Å². The largest absolute Gasteiger partial charge is 0.409 e. The molecule has 0 aromatic carbocycles. The van der Waals surface area contributed by atoms with Gasteiger partial charge in [-0.15, -0.1) is 0 Å². The van der Waals surface area contributed by atoms with Gasteiger partial charge >= 0.3 is 0 Å². The first kappa shape index (κ1) is 12.8. The first-order chi connectivity index (χ1) is 7.69. The summed E-state index contributed by atoms with van der Waals surface area (Å²) in [6.07, 6.45) is 2.33. The van der Waals surface area contributed by atoms with Crippen molar-refractivity contribution >= 4 is 11.7 Å². The predicted octanol–water partition coefficient (Wildman–Crippen LogP) is 0.0542. The lowest BCUT2D eigenvalue weighted by Gasteiger charge is -2.24. The maximum absolute atomic E-state index is 11.8. The summed E-state index contributed by atoms with van der Waals surface area (Å²) in [5, 5.41) is 14.2. The Bertz CT molecular complexity index is 262. The van der Waals surface area contributed by atoms with Gasteiger partial charge < -0.3 is 21.0 Å². The number of hydrogen-bond donors (Lipinski definition) is 3. The Hall–Kier alpha value is -1.30. The fraction of sp³-hybridized carbons (Fsp3) is 0.800. The molecule has 0 spiro atoms. The molecular weight excluding hydrogens is 210 g/mol. The van der Waals surface area contributed by atoms with Crippen LogP contribution in [0.2, 0.25) is 0 Å². The van der Waals surface area contributed by atoms with Crippen molar-refractivity contribution < 1.29 is 14.7 Å². The van der Waals surface area contributed by atoms with Crippen LogP contribution in [0.4, 0.5) is 0 Å². The van der Waals surface area contributed by atoms with Crippen LogP contribution in [0, 0.1) is 5.92 Å². The number of carbonyl (C=O) groups is 1. The van der Waals surface area contributed by atoms with Crippen molar-refractivity contribution in [2.24, 2.45) is 16.8 Å². The quantitative estimate of drug-likeness (QED) is 0.275. The summed E-state index contributed by atoms with van der Waals surface area (Å²) >= 11 is 0. The molecule has 1 saturated heterocycles. The van der Waals surface area contributed by atoms with Gasteiger partial charge in [-0.1, -0.05) is 12.1 Å². The van der Waals surface area contributed by atoms with Gasteiger partial charge in [0.05, 0.1) is 18.6 Å². The molecule has 1 fully saturated rings. The van der Waals surface area contributed by atoms with E-state index in [1.165, 1.54) is 0 Å². The normalized spacial score (nSPS) is 23.8. The van der Waals surface area contributed by atoms with Crippen LogP contribution in [-0.2, 0) is 9.53 Å². The molecular formula is C10H19N3O3. The van der Waals surface area contributed by atoms with E-state index in [9.17, 15) is 4.79 Å². The Morgan fingerprint density at radius 3 is 3.00 bits per heavy atom. The van der Waals surface area contributed by atoms with E-state index < -0.39 is 6.04 Å². The Balaban J connectivity index is 2.47. The molecule has 92 valence electrons. The number of carbonyl (C=O) groups excluding carboxylic acids is 1. The average molecular weight is 229 g/mol. The third-order valence-corrected chi connectivity index (χ3v) is 2.73. The number of nitrogens with zero attached hydrogens (tertiary/aromatic N) is 1. The van der Waals surface area contributed by atoms with Gasteiger partial charge in [0, 0.05) is 6.61 Å². The van der Waals surface area contributed by atoms with Crippen molar-refractivity contribution in [1.82, 2.24) is 5.32 Å². The van der Waals surface area contributed by atoms with Crippen LogP contribution < -0.4 is 11.1 Å². The molecule has 1 amide bonds. The highest BCUT2D eigenvalue weighted by Crippen LogP contribution is 2.13. The highest BCUT2D eigenvalue weighted by atomic mass is 16.5.